The highest BCUT2D eigenvalue weighted by molar-refractivity contribution is 7.68. The van der Waals surface area contributed by atoms with E-state index in [2.05, 4.69) is 31.3 Å². The maximum atomic E-state index is 10.1. The zero-order chi connectivity index (χ0) is 18.3. The molecule has 1 aromatic heterocycles. The smallest absolute Gasteiger partial charge is 0.141 e. The number of ether oxygens (including phenoxy) is 1. The van der Waals surface area contributed by atoms with E-state index in [0.29, 0.717) is 12.3 Å². The van der Waals surface area contributed by atoms with Crippen molar-refractivity contribution in [1.82, 2.24) is 0 Å². The first-order valence-electron chi connectivity index (χ1n) is 8.51. The Hall–Kier alpha value is -2.31. The number of benzene rings is 2. The molecule has 26 heavy (non-hydrogen) atoms. The zero-order valence-corrected chi connectivity index (χ0v) is 16.5. The third-order valence-electron chi connectivity index (χ3n) is 4.33. The van der Waals surface area contributed by atoms with Gasteiger partial charge in [-0.25, -0.2) is 4.99 Å². The van der Waals surface area contributed by atoms with Crippen LogP contribution in [0.25, 0.3) is 11.1 Å². The number of phenolic OH excluding ortho intramolecular Hbond substituents is 1. The van der Waals surface area contributed by atoms with Crippen LogP contribution >= 0.6 is 20.7 Å². The quantitative estimate of drug-likeness (QED) is 0.589. The molecule has 1 aliphatic heterocycles. The lowest BCUT2D eigenvalue weighted by molar-refractivity contribution is 0.340. The van der Waals surface area contributed by atoms with Gasteiger partial charge in [0.15, 0.2) is 0 Å². The molecule has 0 bridgehead atoms. The highest BCUT2D eigenvalue weighted by Crippen LogP contribution is 2.46. The van der Waals surface area contributed by atoms with Crippen LogP contribution in [0, 0.1) is 0 Å². The minimum Gasteiger partial charge on any atom is -0.506 e. The molecule has 0 amide bonds. The molecule has 0 radical (unpaired) electrons. The Balaban J connectivity index is 1.94. The van der Waals surface area contributed by atoms with E-state index in [0.717, 1.165) is 27.2 Å². The fourth-order valence-electron chi connectivity index (χ4n) is 3.15. The number of nitrogens with one attached hydrogen (secondary N) is 1. The van der Waals surface area contributed by atoms with E-state index >= 15 is 0 Å². The van der Waals surface area contributed by atoms with Crippen LogP contribution in [0.2, 0.25) is 0 Å². The molecule has 2 N–H and O–H groups in total. The van der Waals surface area contributed by atoms with Crippen LogP contribution < -0.4 is 14.7 Å². The molecule has 134 valence electrons. The second kappa shape index (κ2) is 6.45. The summed E-state index contributed by atoms with van der Waals surface area (Å²) in [5.41, 5.74) is 3.71. The summed E-state index contributed by atoms with van der Waals surface area (Å²) in [5.74, 6) is 1.05. The number of para-hydroxylation sites is 2. The molecule has 0 spiro atoms. The average molecular weight is 385 g/mol. The number of fused-ring (bicyclic) bond motifs is 3. The first-order valence-corrected chi connectivity index (χ1v) is 10.7. The maximum absolute atomic E-state index is 10.1. The third-order valence-corrected chi connectivity index (χ3v) is 6.98. The minimum atomic E-state index is -0.194. The largest absolute Gasteiger partial charge is 0.506 e. The Morgan fingerprint density at radius 3 is 2.73 bits per heavy atom. The van der Waals surface area contributed by atoms with E-state index in [-0.39, 0.29) is 11.3 Å². The van der Waals surface area contributed by atoms with Gasteiger partial charge in [0, 0.05) is 22.9 Å². The van der Waals surface area contributed by atoms with Gasteiger partial charge in [-0.1, -0.05) is 32.8 Å². The topological polar surface area (TPSA) is 53.8 Å². The fraction of sp³-hybridized carbons (Fsp3) is 0.250. The second-order valence-corrected chi connectivity index (χ2v) is 8.80. The standard InChI is InChI=1S/C20H20N2O2S2/c1-4-24-12-9-10-13-15(11-12)22-20(2,3)18-17(13)19(26-25-18)21-14-7-5-6-8-16(14)23/h5-11,22-23H,4H2,1-3H3. The molecule has 3 aromatic rings. The van der Waals surface area contributed by atoms with E-state index in [1.54, 1.807) is 32.8 Å². The number of rotatable bonds is 3. The summed E-state index contributed by atoms with van der Waals surface area (Å²) < 4.78 is 6.58. The number of hydrogen-bond acceptors (Lipinski definition) is 6. The Kier molecular flexibility index (Phi) is 4.25. The van der Waals surface area contributed by atoms with Crippen molar-refractivity contribution in [2.75, 3.05) is 11.9 Å². The molecule has 0 atom stereocenters. The SMILES string of the molecule is CCOc1ccc2c(c1)NC(C)(C)c1ssc(=Nc3ccccc3O)c1-2. The van der Waals surface area contributed by atoms with E-state index in [9.17, 15) is 5.11 Å². The second-order valence-electron chi connectivity index (χ2n) is 6.67. The van der Waals surface area contributed by atoms with Gasteiger partial charge in [-0.2, -0.15) is 0 Å². The normalized spacial score (nSPS) is 15.1. The molecule has 4 rings (SSSR count). The van der Waals surface area contributed by atoms with Crippen LogP contribution in [0.5, 0.6) is 11.5 Å². The summed E-state index contributed by atoms with van der Waals surface area (Å²) in [5, 5.41) is 13.7. The number of anilines is 1. The summed E-state index contributed by atoms with van der Waals surface area (Å²) in [6.07, 6.45) is 0. The first-order chi connectivity index (χ1) is 12.5. The van der Waals surface area contributed by atoms with Gasteiger partial charge in [0.1, 0.15) is 21.9 Å². The van der Waals surface area contributed by atoms with Gasteiger partial charge in [0.25, 0.3) is 0 Å². The lowest BCUT2D eigenvalue weighted by atomic mass is 9.90. The summed E-state index contributed by atoms with van der Waals surface area (Å²) in [6, 6.07) is 13.3. The van der Waals surface area contributed by atoms with Crippen molar-refractivity contribution in [3.05, 3.63) is 52.0 Å². The first kappa shape index (κ1) is 17.1. The molecule has 2 aromatic carbocycles. The Bertz CT molecular complexity index is 1030. The van der Waals surface area contributed by atoms with Crippen LogP contribution in [0.15, 0.2) is 47.5 Å². The van der Waals surface area contributed by atoms with E-state index in [1.807, 2.05) is 25.1 Å². The van der Waals surface area contributed by atoms with Gasteiger partial charge >= 0.3 is 0 Å². The summed E-state index contributed by atoms with van der Waals surface area (Å²) in [4.78, 5) is 6.01. The third kappa shape index (κ3) is 2.89. The van der Waals surface area contributed by atoms with Crippen LogP contribution in [-0.2, 0) is 5.54 Å². The van der Waals surface area contributed by atoms with Crippen molar-refractivity contribution in [1.29, 1.82) is 0 Å². The lowest BCUT2D eigenvalue weighted by Gasteiger charge is -2.33. The predicted molar refractivity (Wildman–Crippen MR) is 109 cm³/mol. The van der Waals surface area contributed by atoms with Crippen molar-refractivity contribution in [2.45, 2.75) is 26.3 Å². The molecule has 0 fully saturated rings. The number of phenols is 1. The monoisotopic (exact) mass is 384 g/mol. The van der Waals surface area contributed by atoms with E-state index in [1.165, 1.54) is 4.88 Å². The zero-order valence-electron chi connectivity index (χ0n) is 14.9. The van der Waals surface area contributed by atoms with Gasteiger partial charge in [-0.05, 0) is 45.0 Å². The average Bonchev–Trinajstić information content (AvgIpc) is 3.02. The summed E-state index contributed by atoms with van der Waals surface area (Å²) in [6.45, 7) is 6.98. The highest BCUT2D eigenvalue weighted by Gasteiger charge is 2.33. The highest BCUT2D eigenvalue weighted by atomic mass is 32.9. The van der Waals surface area contributed by atoms with Crippen LogP contribution in [0.4, 0.5) is 11.4 Å². The number of hydrogen-bond donors (Lipinski definition) is 2. The molecule has 4 nitrogen and oxygen atoms in total. The van der Waals surface area contributed by atoms with E-state index in [4.69, 9.17) is 9.73 Å². The molecule has 0 saturated heterocycles. The van der Waals surface area contributed by atoms with Crippen molar-refractivity contribution in [3.8, 4) is 22.6 Å². The van der Waals surface area contributed by atoms with Crippen LogP contribution in [0.3, 0.4) is 0 Å². The number of aromatic hydroxyl groups is 1. The Labute approximate surface area is 159 Å². The van der Waals surface area contributed by atoms with Crippen LogP contribution in [0.1, 0.15) is 25.6 Å². The molecule has 0 saturated carbocycles. The van der Waals surface area contributed by atoms with Gasteiger partial charge in [0.05, 0.1) is 17.0 Å². The predicted octanol–water partition coefficient (Wildman–Crippen LogP) is 5.47. The van der Waals surface area contributed by atoms with E-state index < -0.39 is 0 Å². The molecule has 0 unspecified atom stereocenters. The van der Waals surface area contributed by atoms with Crippen molar-refractivity contribution in [2.24, 2.45) is 4.99 Å². The van der Waals surface area contributed by atoms with Crippen LogP contribution in [-0.4, -0.2) is 11.7 Å². The summed E-state index contributed by atoms with van der Waals surface area (Å²) >= 11 is 0. The van der Waals surface area contributed by atoms with Gasteiger partial charge < -0.3 is 15.2 Å². The number of nitrogens with zero attached hydrogens (tertiary/aromatic N) is 1. The molecule has 0 aliphatic carbocycles. The minimum absolute atomic E-state index is 0.194. The molecule has 2 heterocycles. The van der Waals surface area contributed by atoms with Gasteiger partial charge in [-0.15, -0.1) is 0 Å². The molecule has 1 aliphatic rings. The lowest BCUT2D eigenvalue weighted by Crippen LogP contribution is -2.31. The van der Waals surface area contributed by atoms with Crippen molar-refractivity contribution < 1.29 is 9.84 Å². The fourth-order valence-corrected chi connectivity index (χ4v) is 6.08. The Morgan fingerprint density at radius 2 is 1.96 bits per heavy atom. The van der Waals surface area contributed by atoms with Gasteiger partial charge in [0.2, 0.25) is 0 Å². The molecular formula is C20H20N2O2S2. The van der Waals surface area contributed by atoms with Crippen molar-refractivity contribution >= 4 is 32.1 Å². The molecule has 6 heteroatoms. The Morgan fingerprint density at radius 1 is 1.15 bits per heavy atom. The van der Waals surface area contributed by atoms with Crippen molar-refractivity contribution in [3.63, 3.8) is 0 Å². The molecular weight excluding hydrogens is 364 g/mol. The maximum Gasteiger partial charge on any atom is 0.141 e. The van der Waals surface area contributed by atoms with Gasteiger partial charge in [-0.3, -0.25) is 0 Å². The summed E-state index contributed by atoms with van der Waals surface area (Å²) in [7, 11) is 3.38.